The number of aromatic nitrogens is 2. The van der Waals surface area contributed by atoms with Gasteiger partial charge in [0.05, 0.1) is 16.3 Å². The van der Waals surface area contributed by atoms with Gasteiger partial charge in [-0.05, 0) is 30.7 Å². The van der Waals surface area contributed by atoms with Crippen LogP contribution in [0.15, 0.2) is 18.2 Å². The number of nitrogens with zero attached hydrogens (tertiary/aromatic N) is 3. The fraction of sp³-hybridized carbons (Fsp3) is 0.500. The van der Waals surface area contributed by atoms with Crippen LogP contribution in [-0.2, 0) is 24.1 Å². The lowest BCUT2D eigenvalue weighted by Crippen LogP contribution is -2.53. The molecule has 0 spiro atoms. The number of hydrogen-bond donors (Lipinski definition) is 2. The molecule has 1 aromatic heterocycles. The number of carbonyl (C=O) groups excluding carboxylic acids is 2. The number of benzene rings is 1. The van der Waals surface area contributed by atoms with Crippen molar-refractivity contribution in [1.29, 1.82) is 0 Å². The quantitative estimate of drug-likeness (QED) is 0.694. The van der Waals surface area contributed by atoms with E-state index < -0.39 is 29.1 Å². The smallest absolute Gasteiger partial charge is 0.357 e. The highest BCUT2D eigenvalue weighted by molar-refractivity contribution is 6.33. The molecule has 0 unspecified atom stereocenters. The second-order valence-electron chi connectivity index (χ2n) is 9.20. The first kappa shape index (κ1) is 25.0. The third-order valence-electron chi connectivity index (χ3n) is 5.60. The molecule has 2 N–H and O–H groups in total. The Kier molecular flexibility index (Phi) is 6.82. The summed E-state index contributed by atoms with van der Waals surface area (Å²) >= 11 is 6.26. The third-order valence-corrected chi connectivity index (χ3v) is 5.93. The first-order chi connectivity index (χ1) is 15.2. The molecule has 0 fully saturated rings. The van der Waals surface area contributed by atoms with Crippen LogP contribution in [0.3, 0.4) is 0 Å². The van der Waals surface area contributed by atoms with Gasteiger partial charge in [-0.2, -0.15) is 13.2 Å². The molecule has 0 saturated heterocycles. The number of rotatable bonds is 4. The minimum absolute atomic E-state index is 0.0585. The molecule has 0 saturated carbocycles. The molecule has 33 heavy (non-hydrogen) atoms. The normalized spacial score (nSPS) is 15.7. The maximum Gasteiger partial charge on any atom is 0.416 e. The first-order valence-corrected chi connectivity index (χ1v) is 10.8. The molecule has 11 heteroatoms. The second-order valence-corrected chi connectivity index (χ2v) is 9.61. The zero-order valence-corrected chi connectivity index (χ0v) is 19.9. The summed E-state index contributed by atoms with van der Waals surface area (Å²) < 4.78 is 41.7. The number of carbonyl (C=O) groups is 2. The number of hydrogen-bond acceptors (Lipinski definition) is 4. The molecule has 1 aliphatic heterocycles. The van der Waals surface area contributed by atoms with Crippen molar-refractivity contribution < 1.29 is 22.8 Å². The van der Waals surface area contributed by atoms with Crippen LogP contribution in [0.2, 0.25) is 5.02 Å². The molecule has 2 aromatic rings. The summed E-state index contributed by atoms with van der Waals surface area (Å²) in [5, 5.41) is 5.39. The van der Waals surface area contributed by atoms with Crippen molar-refractivity contribution in [2.75, 3.05) is 20.6 Å². The highest BCUT2D eigenvalue weighted by atomic mass is 35.5. The number of imidazole rings is 1. The van der Waals surface area contributed by atoms with Crippen molar-refractivity contribution in [1.82, 2.24) is 25.1 Å². The zero-order chi connectivity index (χ0) is 24.7. The van der Waals surface area contributed by atoms with E-state index in [4.69, 9.17) is 11.6 Å². The molecule has 1 atom stereocenters. The lowest BCUT2D eigenvalue weighted by Gasteiger charge is -2.30. The van der Waals surface area contributed by atoms with Gasteiger partial charge in [0.15, 0.2) is 5.69 Å². The van der Waals surface area contributed by atoms with Crippen molar-refractivity contribution in [2.24, 2.45) is 5.41 Å². The summed E-state index contributed by atoms with van der Waals surface area (Å²) in [7, 11) is 3.35. The summed E-state index contributed by atoms with van der Waals surface area (Å²) in [6.45, 7) is 6.86. The monoisotopic (exact) mass is 485 g/mol. The predicted octanol–water partition coefficient (Wildman–Crippen LogP) is 3.56. The lowest BCUT2D eigenvalue weighted by atomic mass is 9.86. The number of alkyl halides is 3. The standard InChI is InChI=1S/C22H27ClF3N5O2/c1-21(2,3)17(20(33)27-4)29-19(32)16-15-11-30(5)8-9-31(15)18(28-16)13-10-12(22(24,25)26)6-7-14(13)23/h6-7,10,17H,8-9,11H2,1-5H3,(H,27,33)(H,29,32)/t17-/m1/s1. The molecule has 1 aromatic carbocycles. The van der Waals surface area contributed by atoms with E-state index in [1.54, 1.807) is 4.57 Å². The first-order valence-electron chi connectivity index (χ1n) is 10.4. The summed E-state index contributed by atoms with van der Waals surface area (Å²) in [5.74, 6) is -0.749. The summed E-state index contributed by atoms with van der Waals surface area (Å²) in [4.78, 5) is 32.1. The molecule has 180 valence electrons. The lowest BCUT2D eigenvalue weighted by molar-refractivity contribution is -0.137. The molecular formula is C22H27ClF3N5O2. The molecule has 2 heterocycles. The summed E-state index contributed by atoms with van der Waals surface area (Å²) in [6, 6.07) is 2.19. The molecule has 7 nitrogen and oxygen atoms in total. The van der Waals surface area contributed by atoms with Gasteiger partial charge < -0.3 is 15.2 Å². The van der Waals surface area contributed by atoms with Gasteiger partial charge in [0, 0.05) is 32.2 Å². The molecule has 0 radical (unpaired) electrons. The van der Waals surface area contributed by atoms with Crippen molar-refractivity contribution >= 4 is 23.4 Å². The molecule has 3 rings (SSSR count). The van der Waals surface area contributed by atoms with E-state index in [1.807, 2.05) is 32.7 Å². The minimum Gasteiger partial charge on any atom is -0.357 e. The van der Waals surface area contributed by atoms with Crippen LogP contribution in [0.4, 0.5) is 13.2 Å². The van der Waals surface area contributed by atoms with Gasteiger partial charge in [-0.25, -0.2) is 4.98 Å². The third kappa shape index (κ3) is 5.16. The van der Waals surface area contributed by atoms with Crippen LogP contribution in [0.25, 0.3) is 11.4 Å². The van der Waals surface area contributed by atoms with Gasteiger partial charge in [-0.15, -0.1) is 0 Å². The topological polar surface area (TPSA) is 79.3 Å². The Balaban J connectivity index is 2.11. The number of halogens is 4. The number of likely N-dealkylation sites (N-methyl/N-ethyl adjacent to an activating group) is 2. The van der Waals surface area contributed by atoms with Crippen molar-refractivity contribution in [3.63, 3.8) is 0 Å². The van der Waals surface area contributed by atoms with E-state index in [1.165, 1.54) is 13.1 Å². The van der Waals surface area contributed by atoms with E-state index in [9.17, 15) is 22.8 Å². The minimum atomic E-state index is -4.55. The molecule has 0 aliphatic carbocycles. The molecule has 0 bridgehead atoms. The number of amides is 2. The Hall–Kier alpha value is -2.59. The average Bonchev–Trinajstić information content (AvgIpc) is 3.08. The molecular weight excluding hydrogens is 459 g/mol. The highest BCUT2D eigenvalue weighted by Gasteiger charge is 2.36. The number of fused-ring (bicyclic) bond motifs is 1. The Labute approximate surface area is 195 Å². The number of nitrogens with one attached hydrogen (secondary N) is 2. The Morgan fingerprint density at radius 3 is 2.42 bits per heavy atom. The maximum atomic E-state index is 13.3. The van der Waals surface area contributed by atoms with Crippen LogP contribution in [0.1, 0.15) is 42.5 Å². The average molecular weight is 486 g/mol. The van der Waals surface area contributed by atoms with Crippen LogP contribution in [0.5, 0.6) is 0 Å². The highest BCUT2D eigenvalue weighted by Crippen LogP contribution is 2.37. The van der Waals surface area contributed by atoms with Gasteiger partial charge in [0.25, 0.3) is 5.91 Å². The Bertz CT molecular complexity index is 1080. The van der Waals surface area contributed by atoms with Crippen LogP contribution in [-0.4, -0.2) is 52.9 Å². The van der Waals surface area contributed by atoms with Gasteiger partial charge in [0.2, 0.25) is 5.91 Å². The van der Waals surface area contributed by atoms with Gasteiger partial charge >= 0.3 is 6.18 Å². The Morgan fingerprint density at radius 2 is 1.85 bits per heavy atom. The van der Waals surface area contributed by atoms with Gasteiger partial charge in [0.1, 0.15) is 11.9 Å². The van der Waals surface area contributed by atoms with Crippen LogP contribution in [0, 0.1) is 5.41 Å². The van der Waals surface area contributed by atoms with Crippen molar-refractivity contribution in [3.8, 4) is 11.4 Å². The van der Waals surface area contributed by atoms with E-state index in [0.29, 0.717) is 25.3 Å². The van der Waals surface area contributed by atoms with Crippen molar-refractivity contribution in [2.45, 2.75) is 46.1 Å². The van der Waals surface area contributed by atoms with E-state index >= 15 is 0 Å². The molecule has 1 aliphatic rings. The Morgan fingerprint density at radius 1 is 1.18 bits per heavy atom. The van der Waals surface area contributed by atoms with E-state index in [2.05, 4.69) is 15.6 Å². The van der Waals surface area contributed by atoms with E-state index in [0.717, 1.165) is 12.1 Å². The van der Waals surface area contributed by atoms with Gasteiger partial charge in [-0.3, -0.25) is 14.5 Å². The molecule has 2 amide bonds. The van der Waals surface area contributed by atoms with Crippen molar-refractivity contribution in [3.05, 3.63) is 40.2 Å². The largest absolute Gasteiger partial charge is 0.416 e. The van der Waals surface area contributed by atoms with Gasteiger partial charge in [-0.1, -0.05) is 32.4 Å². The zero-order valence-electron chi connectivity index (χ0n) is 19.1. The van der Waals surface area contributed by atoms with Crippen LogP contribution < -0.4 is 10.6 Å². The fourth-order valence-electron chi connectivity index (χ4n) is 3.77. The van der Waals surface area contributed by atoms with Crippen LogP contribution >= 0.6 is 11.6 Å². The summed E-state index contributed by atoms with van der Waals surface area (Å²) in [5.41, 5.74) is -0.738. The van der Waals surface area contributed by atoms with E-state index in [-0.39, 0.29) is 28.0 Å². The maximum absolute atomic E-state index is 13.3. The fourth-order valence-corrected chi connectivity index (χ4v) is 3.97. The summed E-state index contributed by atoms with van der Waals surface area (Å²) in [6.07, 6.45) is -4.55. The SMILES string of the molecule is CNC(=O)[C@@H](NC(=O)c1nc(-c2cc(C(F)(F)F)ccc2Cl)n2c1CN(C)CC2)C(C)(C)C. The second kappa shape index (κ2) is 8.98. The predicted molar refractivity (Wildman–Crippen MR) is 119 cm³/mol.